The molecule has 9 nitrogen and oxygen atoms in total. The van der Waals surface area contributed by atoms with E-state index in [9.17, 15) is 19.7 Å². The summed E-state index contributed by atoms with van der Waals surface area (Å²) in [4.78, 5) is 37.1. The minimum absolute atomic E-state index is 0.155. The van der Waals surface area contributed by atoms with Gasteiger partial charge in [-0.3, -0.25) is 14.9 Å². The van der Waals surface area contributed by atoms with Crippen LogP contribution in [0.15, 0.2) is 42.5 Å². The smallest absolute Gasteiger partial charge is 0.345 e. The number of nitrogens with zero attached hydrogens (tertiary/aromatic N) is 2. The average molecular weight is 412 g/mol. The van der Waals surface area contributed by atoms with Gasteiger partial charge in [0.1, 0.15) is 18.8 Å². The lowest BCUT2D eigenvalue weighted by Gasteiger charge is -2.26. The first-order chi connectivity index (χ1) is 14.5. The number of hydrogen-bond acceptors (Lipinski definition) is 7. The highest BCUT2D eigenvalue weighted by Crippen LogP contribution is 2.38. The molecule has 0 saturated carbocycles. The van der Waals surface area contributed by atoms with Crippen LogP contribution < -0.4 is 9.47 Å². The topological polar surface area (TPSA) is 108 Å². The molecular weight excluding hydrogens is 392 g/mol. The molecule has 30 heavy (non-hydrogen) atoms. The number of benzene rings is 2. The predicted molar refractivity (Wildman–Crippen MR) is 104 cm³/mol. The number of esters is 1. The van der Waals surface area contributed by atoms with E-state index in [1.807, 2.05) is 18.2 Å². The predicted octanol–water partition coefficient (Wildman–Crippen LogP) is 2.89. The Morgan fingerprint density at radius 2 is 1.90 bits per heavy atom. The van der Waals surface area contributed by atoms with E-state index >= 15 is 0 Å². The number of fused-ring (bicyclic) bond motifs is 1. The van der Waals surface area contributed by atoms with Crippen molar-refractivity contribution in [3.05, 3.63) is 63.7 Å². The fourth-order valence-corrected chi connectivity index (χ4v) is 3.77. The Morgan fingerprint density at radius 3 is 2.70 bits per heavy atom. The average Bonchev–Trinajstić information content (AvgIpc) is 3.27. The van der Waals surface area contributed by atoms with Crippen molar-refractivity contribution in [2.75, 3.05) is 26.4 Å². The van der Waals surface area contributed by atoms with Crippen LogP contribution in [0.1, 0.15) is 34.8 Å². The van der Waals surface area contributed by atoms with Gasteiger partial charge in [0.15, 0.2) is 18.1 Å². The minimum atomic E-state index is -0.897. The van der Waals surface area contributed by atoms with E-state index in [2.05, 4.69) is 0 Å². The number of amides is 1. The maximum Gasteiger partial charge on any atom is 0.345 e. The third-order valence-electron chi connectivity index (χ3n) is 5.17. The lowest BCUT2D eigenvalue weighted by molar-refractivity contribution is -0.385. The van der Waals surface area contributed by atoms with E-state index in [1.54, 1.807) is 4.90 Å². The third-order valence-corrected chi connectivity index (χ3v) is 5.17. The van der Waals surface area contributed by atoms with Gasteiger partial charge in [0.2, 0.25) is 0 Å². The summed E-state index contributed by atoms with van der Waals surface area (Å²) in [6, 6.07) is 11.0. The summed E-state index contributed by atoms with van der Waals surface area (Å²) in [7, 11) is 0. The van der Waals surface area contributed by atoms with E-state index in [1.165, 1.54) is 24.3 Å². The van der Waals surface area contributed by atoms with Crippen LogP contribution >= 0.6 is 0 Å². The summed E-state index contributed by atoms with van der Waals surface area (Å²) >= 11 is 0. The van der Waals surface area contributed by atoms with E-state index in [4.69, 9.17) is 14.2 Å². The van der Waals surface area contributed by atoms with Crippen molar-refractivity contribution >= 4 is 17.6 Å². The van der Waals surface area contributed by atoms with Crippen LogP contribution in [0.4, 0.5) is 5.69 Å². The standard InChI is InChI=1S/C21H20N2O7/c24-20(13-30-21(25)15-4-1-2-5-17(15)23(26)27)22-9-3-6-16(22)14-7-8-18-19(12-14)29-11-10-28-18/h1-2,4-5,7-8,12,16H,3,6,9-11,13H2. The fourth-order valence-electron chi connectivity index (χ4n) is 3.77. The molecule has 1 saturated heterocycles. The lowest BCUT2D eigenvalue weighted by Crippen LogP contribution is -2.34. The van der Waals surface area contributed by atoms with Gasteiger partial charge in [-0.2, -0.15) is 0 Å². The van der Waals surface area contributed by atoms with Crippen molar-refractivity contribution in [3.8, 4) is 11.5 Å². The van der Waals surface area contributed by atoms with Crippen LogP contribution in [-0.2, 0) is 9.53 Å². The molecule has 1 amide bonds. The highest BCUT2D eigenvalue weighted by molar-refractivity contribution is 5.95. The second kappa shape index (κ2) is 8.40. The highest BCUT2D eigenvalue weighted by Gasteiger charge is 2.32. The maximum absolute atomic E-state index is 12.7. The number of likely N-dealkylation sites (tertiary alicyclic amines) is 1. The first-order valence-electron chi connectivity index (χ1n) is 9.64. The zero-order valence-corrected chi connectivity index (χ0v) is 16.1. The number of nitro benzene ring substituents is 1. The van der Waals surface area contributed by atoms with Crippen LogP contribution in [0.2, 0.25) is 0 Å². The Morgan fingerprint density at radius 1 is 1.13 bits per heavy atom. The van der Waals surface area contributed by atoms with E-state index in [0.717, 1.165) is 18.4 Å². The van der Waals surface area contributed by atoms with Gasteiger partial charge in [-0.05, 0) is 36.6 Å². The molecule has 2 aliphatic heterocycles. The Bertz CT molecular complexity index is 991. The zero-order chi connectivity index (χ0) is 21.1. The number of ether oxygens (including phenoxy) is 3. The Balaban J connectivity index is 1.43. The molecule has 1 atom stereocenters. The minimum Gasteiger partial charge on any atom is -0.486 e. The molecule has 2 aliphatic rings. The van der Waals surface area contributed by atoms with Crippen LogP contribution in [0.3, 0.4) is 0 Å². The summed E-state index contributed by atoms with van der Waals surface area (Å²) in [6.07, 6.45) is 1.60. The molecule has 0 bridgehead atoms. The molecule has 0 aromatic heterocycles. The van der Waals surface area contributed by atoms with Crippen molar-refractivity contribution in [3.63, 3.8) is 0 Å². The van der Waals surface area contributed by atoms with Crippen molar-refractivity contribution in [1.82, 2.24) is 4.90 Å². The van der Waals surface area contributed by atoms with Gasteiger partial charge in [-0.15, -0.1) is 0 Å². The molecule has 2 aromatic rings. The van der Waals surface area contributed by atoms with Crippen molar-refractivity contribution in [2.45, 2.75) is 18.9 Å². The molecule has 0 spiro atoms. The Kier molecular flexibility index (Phi) is 5.51. The van der Waals surface area contributed by atoms with Crippen molar-refractivity contribution in [1.29, 1.82) is 0 Å². The largest absolute Gasteiger partial charge is 0.486 e. The van der Waals surface area contributed by atoms with Gasteiger partial charge >= 0.3 is 5.97 Å². The lowest BCUT2D eigenvalue weighted by atomic mass is 10.0. The van der Waals surface area contributed by atoms with Crippen LogP contribution in [-0.4, -0.2) is 48.1 Å². The van der Waals surface area contributed by atoms with Gasteiger partial charge in [-0.25, -0.2) is 4.79 Å². The van der Waals surface area contributed by atoms with Gasteiger partial charge in [-0.1, -0.05) is 18.2 Å². The van der Waals surface area contributed by atoms with Gasteiger partial charge in [0, 0.05) is 12.6 Å². The quantitative estimate of drug-likeness (QED) is 0.422. The zero-order valence-electron chi connectivity index (χ0n) is 16.1. The summed E-state index contributed by atoms with van der Waals surface area (Å²) in [6.45, 7) is 1.05. The number of carbonyl (C=O) groups is 2. The molecule has 1 fully saturated rings. The normalized spacial score (nSPS) is 17.5. The highest BCUT2D eigenvalue weighted by atomic mass is 16.6. The number of hydrogen-bond donors (Lipinski definition) is 0. The second-order valence-corrected chi connectivity index (χ2v) is 7.00. The molecule has 2 heterocycles. The van der Waals surface area contributed by atoms with E-state index < -0.39 is 17.5 Å². The SMILES string of the molecule is O=C(OCC(=O)N1CCCC1c1ccc2c(c1)OCCO2)c1ccccc1[N+](=O)[O-]. The molecule has 0 radical (unpaired) electrons. The number of carbonyl (C=O) groups excluding carboxylic acids is 2. The molecule has 1 unspecified atom stereocenters. The first-order valence-corrected chi connectivity index (χ1v) is 9.64. The summed E-state index contributed by atoms with van der Waals surface area (Å²) in [5, 5.41) is 11.1. The summed E-state index contributed by atoms with van der Waals surface area (Å²) in [5.74, 6) is 0.0881. The van der Waals surface area contributed by atoms with Gasteiger partial charge in [0.05, 0.1) is 11.0 Å². The monoisotopic (exact) mass is 412 g/mol. The van der Waals surface area contributed by atoms with Crippen LogP contribution in [0, 0.1) is 10.1 Å². The van der Waals surface area contributed by atoms with Crippen LogP contribution in [0.5, 0.6) is 11.5 Å². The van der Waals surface area contributed by atoms with Crippen LogP contribution in [0.25, 0.3) is 0 Å². The molecule has 0 aliphatic carbocycles. The van der Waals surface area contributed by atoms with Crippen molar-refractivity contribution in [2.24, 2.45) is 0 Å². The summed E-state index contributed by atoms with van der Waals surface area (Å²) < 4.78 is 16.3. The second-order valence-electron chi connectivity index (χ2n) is 7.00. The maximum atomic E-state index is 12.7. The Labute approximate surface area is 172 Å². The van der Waals surface area contributed by atoms with Gasteiger partial charge < -0.3 is 19.1 Å². The summed E-state index contributed by atoms with van der Waals surface area (Å²) in [5.41, 5.74) is 0.389. The molecule has 156 valence electrons. The molecule has 9 heteroatoms. The third kappa shape index (κ3) is 3.91. The van der Waals surface area contributed by atoms with E-state index in [0.29, 0.717) is 31.3 Å². The van der Waals surface area contributed by atoms with E-state index in [-0.39, 0.29) is 23.2 Å². The van der Waals surface area contributed by atoms with Crippen molar-refractivity contribution < 1.29 is 28.7 Å². The fraction of sp³-hybridized carbons (Fsp3) is 0.333. The Hall–Kier alpha value is -3.62. The first kappa shape index (κ1) is 19.7. The number of nitro groups is 1. The molecule has 2 aromatic carbocycles. The van der Waals surface area contributed by atoms with Gasteiger partial charge in [0.25, 0.3) is 11.6 Å². The molecular formula is C21H20N2O7. The number of para-hydroxylation sites is 1. The molecule has 4 rings (SSSR count). The number of rotatable bonds is 5. The molecule has 0 N–H and O–H groups in total.